The Labute approximate surface area is 108 Å². The molecule has 2 N–H and O–H groups in total. The molecule has 0 aliphatic carbocycles. The molecule has 1 aromatic rings. The van der Waals surface area contributed by atoms with Gasteiger partial charge in [0.25, 0.3) is 0 Å². The van der Waals surface area contributed by atoms with E-state index >= 15 is 0 Å². The summed E-state index contributed by atoms with van der Waals surface area (Å²) in [6, 6.07) is 4.56. The fourth-order valence-electron chi connectivity index (χ4n) is 1.54. The Morgan fingerprint density at radius 1 is 1.44 bits per heavy atom. The number of aryl methyl sites for hydroxylation is 1. The van der Waals surface area contributed by atoms with Crippen molar-refractivity contribution in [3.8, 4) is 0 Å². The second-order valence-corrected chi connectivity index (χ2v) is 4.42. The average Bonchev–Trinajstić information content (AvgIpc) is 2.36. The van der Waals surface area contributed by atoms with Crippen molar-refractivity contribution >= 4 is 5.69 Å². The lowest BCUT2D eigenvalue weighted by Gasteiger charge is -2.14. The second kappa shape index (κ2) is 8.06. The maximum absolute atomic E-state index is 13.0. The first-order chi connectivity index (χ1) is 8.63. The zero-order chi connectivity index (χ0) is 13.4. The van der Waals surface area contributed by atoms with Crippen molar-refractivity contribution in [2.75, 3.05) is 25.1 Å². The summed E-state index contributed by atoms with van der Waals surface area (Å²) in [5.74, 6) is -0.281. The third-order valence-corrected chi connectivity index (χ3v) is 2.68. The van der Waals surface area contributed by atoms with Gasteiger partial charge >= 0.3 is 0 Å². The van der Waals surface area contributed by atoms with Gasteiger partial charge in [-0.05, 0) is 31.0 Å². The van der Waals surface area contributed by atoms with E-state index in [4.69, 9.17) is 4.74 Å². The summed E-state index contributed by atoms with van der Waals surface area (Å²) >= 11 is 0. The smallest absolute Gasteiger partial charge is 0.125 e. The highest BCUT2D eigenvalue weighted by molar-refractivity contribution is 5.50. The van der Waals surface area contributed by atoms with Crippen LogP contribution in [-0.4, -0.2) is 31.0 Å². The number of aliphatic hydroxyl groups is 1. The van der Waals surface area contributed by atoms with Gasteiger partial charge < -0.3 is 15.2 Å². The first-order valence-corrected chi connectivity index (χ1v) is 6.39. The van der Waals surface area contributed by atoms with Crippen LogP contribution < -0.4 is 5.32 Å². The van der Waals surface area contributed by atoms with Crippen LogP contribution in [0.4, 0.5) is 10.1 Å². The maximum atomic E-state index is 13.0. The van der Waals surface area contributed by atoms with E-state index in [2.05, 4.69) is 12.2 Å². The fourth-order valence-corrected chi connectivity index (χ4v) is 1.54. The first-order valence-electron chi connectivity index (χ1n) is 6.39. The SMILES string of the molecule is CCCCOCC(O)CNc1cc(F)ccc1C. The van der Waals surface area contributed by atoms with E-state index in [9.17, 15) is 9.50 Å². The molecule has 1 aromatic carbocycles. The molecular formula is C14H22FNO2. The monoisotopic (exact) mass is 255 g/mol. The van der Waals surface area contributed by atoms with E-state index in [1.165, 1.54) is 12.1 Å². The predicted molar refractivity (Wildman–Crippen MR) is 71.4 cm³/mol. The quantitative estimate of drug-likeness (QED) is 0.702. The van der Waals surface area contributed by atoms with Crippen LogP contribution >= 0.6 is 0 Å². The molecule has 18 heavy (non-hydrogen) atoms. The highest BCUT2D eigenvalue weighted by Crippen LogP contribution is 2.15. The van der Waals surface area contributed by atoms with Crippen molar-refractivity contribution in [1.82, 2.24) is 0 Å². The molecule has 0 aliphatic rings. The van der Waals surface area contributed by atoms with Gasteiger partial charge in [-0.25, -0.2) is 4.39 Å². The molecule has 1 rings (SSSR count). The molecule has 0 amide bonds. The van der Waals surface area contributed by atoms with Crippen LogP contribution in [0.25, 0.3) is 0 Å². The number of ether oxygens (including phenoxy) is 1. The first kappa shape index (κ1) is 14.9. The zero-order valence-corrected chi connectivity index (χ0v) is 11.1. The van der Waals surface area contributed by atoms with Crippen molar-refractivity contribution in [2.24, 2.45) is 0 Å². The standard InChI is InChI=1S/C14H22FNO2/c1-3-4-7-18-10-13(17)9-16-14-8-12(15)6-5-11(14)2/h5-6,8,13,16-17H,3-4,7,9-10H2,1-2H3. The number of hydrogen-bond donors (Lipinski definition) is 2. The van der Waals surface area contributed by atoms with Gasteiger partial charge in [0.1, 0.15) is 5.82 Å². The topological polar surface area (TPSA) is 41.5 Å². The number of rotatable bonds is 8. The third-order valence-electron chi connectivity index (χ3n) is 2.68. The minimum Gasteiger partial charge on any atom is -0.389 e. The molecule has 1 unspecified atom stereocenters. The summed E-state index contributed by atoms with van der Waals surface area (Å²) in [7, 11) is 0. The summed E-state index contributed by atoms with van der Waals surface area (Å²) < 4.78 is 18.3. The lowest BCUT2D eigenvalue weighted by molar-refractivity contribution is 0.0421. The normalized spacial score (nSPS) is 12.4. The number of aliphatic hydroxyl groups excluding tert-OH is 1. The molecule has 0 spiro atoms. The van der Waals surface area contributed by atoms with Gasteiger partial charge in [-0.15, -0.1) is 0 Å². The molecule has 0 bridgehead atoms. The van der Waals surface area contributed by atoms with Crippen LogP contribution in [0.5, 0.6) is 0 Å². The number of anilines is 1. The summed E-state index contributed by atoms with van der Waals surface area (Å²) in [5, 5.41) is 12.7. The van der Waals surface area contributed by atoms with Crippen molar-refractivity contribution < 1.29 is 14.2 Å². The van der Waals surface area contributed by atoms with Crippen LogP contribution in [0, 0.1) is 12.7 Å². The molecule has 3 nitrogen and oxygen atoms in total. The van der Waals surface area contributed by atoms with Crippen LogP contribution in [0.15, 0.2) is 18.2 Å². The van der Waals surface area contributed by atoms with E-state index in [0.717, 1.165) is 18.4 Å². The molecule has 0 saturated carbocycles. The van der Waals surface area contributed by atoms with Crippen molar-refractivity contribution in [1.29, 1.82) is 0 Å². The highest BCUT2D eigenvalue weighted by atomic mass is 19.1. The third kappa shape index (κ3) is 5.47. The minimum absolute atomic E-state index is 0.281. The van der Waals surface area contributed by atoms with Gasteiger partial charge in [-0.2, -0.15) is 0 Å². The molecule has 0 fully saturated rings. The molecule has 102 valence electrons. The van der Waals surface area contributed by atoms with Crippen LogP contribution in [0.3, 0.4) is 0 Å². The molecule has 0 heterocycles. The van der Waals surface area contributed by atoms with E-state index < -0.39 is 6.10 Å². The number of nitrogens with one attached hydrogen (secondary N) is 1. The average molecular weight is 255 g/mol. The van der Waals surface area contributed by atoms with E-state index in [1.54, 1.807) is 6.07 Å². The number of unbranched alkanes of at least 4 members (excludes halogenated alkanes) is 1. The second-order valence-electron chi connectivity index (χ2n) is 4.42. The molecule has 4 heteroatoms. The number of halogens is 1. The Kier molecular flexibility index (Phi) is 6.68. The van der Waals surface area contributed by atoms with Crippen LogP contribution in [0.1, 0.15) is 25.3 Å². The van der Waals surface area contributed by atoms with Gasteiger partial charge in [0.15, 0.2) is 0 Å². The molecule has 0 saturated heterocycles. The van der Waals surface area contributed by atoms with Gasteiger partial charge in [0.2, 0.25) is 0 Å². The summed E-state index contributed by atoms with van der Waals surface area (Å²) in [5.41, 5.74) is 1.66. The van der Waals surface area contributed by atoms with Gasteiger partial charge in [-0.3, -0.25) is 0 Å². The van der Waals surface area contributed by atoms with Crippen molar-refractivity contribution in [3.63, 3.8) is 0 Å². The minimum atomic E-state index is -0.579. The lowest BCUT2D eigenvalue weighted by atomic mass is 10.2. The van der Waals surface area contributed by atoms with E-state index in [0.29, 0.717) is 25.4 Å². The van der Waals surface area contributed by atoms with E-state index in [1.807, 2.05) is 6.92 Å². The summed E-state index contributed by atoms with van der Waals surface area (Å²) in [6.45, 7) is 5.32. The Hall–Kier alpha value is -1.13. The Morgan fingerprint density at radius 3 is 2.94 bits per heavy atom. The molecule has 0 aliphatic heterocycles. The van der Waals surface area contributed by atoms with Crippen LogP contribution in [-0.2, 0) is 4.74 Å². The molecule has 1 atom stereocenters. The van der Waals surface area contributed by atoms with E-state index in [-0.39, 0.29) is 5.82 Å². The van der Waals surface area contributed by atoms with Crippen molar-refractivity contribution in [2.45, 2.75) is 32.8 Å². The Morgan fingerprint density at radius 2 is 2.22 bits per heavy atom. The van der Waals surface area contributed by atoms with Gasteiger partial charge in [0.05, 0.1) is 12.7 Å². The van der Waals surface area contributed by atoms with Crippen molar-refractivity contribution in [3.05, 3.63) is 29.6 Å². The number of hydrogen-bond acceptors (Lipinski definition) is 3. The lowest BCUT2D eigenvalue weighted by Crippen LogP contribution is -2.25. The predicted octanol–water partition coefficient (Wildman–Crippen LogP) is 2.72. The highest BCUT2D eigenvalue weighted by Gasteiger charge is 2.06. The summed E-state index contributed by atoms with van der Waals surface area (Å²) in [6.07, 6.45) is 1.50. The van der Waals surface area contributed by atoms with Gasteiger partial charge in [0, 0.05) is 18.8 Å². The summed E-state index contributed by atoms with van der Waals surface area (Å²) in [4.78, 5) is 0. The van der Waals surface area contributed by atoms with Crippen LogP contribution in [0.2, 0.25) is 0 Å². The Balaban J connectivity index is 2.29. The number of benzene rings is 1. The molecule has 0 aromatic heterocycles. The zero-order valence-electron chi connectivity index (χ0n) is 11.1. The molecular weight excluding hydrogens is 233 g/mol. The largest absolute Gasteiger partial charge is 0.389 e. The fraction of sp³-hybridized carbons (Fsp3) is 0.571. The molecule has 0 radical (unpaired) electrons. The maximum Gasteiger partial charge on any atom is 0.125 e. The Bertz CT molecular complexity index is 358. The van der Waals surface area contributed by atoms with Gasteiger partial charge in [-0.1, -0.05) is 19.4 Å².